The van der Waals surface area contributed by atoms with Crippen molar-refractivity contribution in [2.24, 2.45) is 0 Å². The normalized spacial score (nSPS) is 13.2. The third kappa shape index (κ3) is 65.8. The lowest BCUT2D eigenvalue weighted by atomic mass is 10.1. The first-order valence-corrected chi connectivity index (χ1v) is 33.5. The van der Waals surface area contributed by atoms with Gasteiger partial charge in [0.05, 0.1) is 0 Å². The molecule has 0 fully saturated rings. The SMILES string of the molecule is CC/C=C\C/C=C\C/C=C\C/C=C\C/C=C\C/C=C\C/C=C\C/C=C\C/C=C\CCCCCC(=O)OCC(COC(=O)CCCCCCC/C=C\C/C=C\CCCC)OC(=O)CCCCCCCCCCC/C=C\C/C=C\CCCCC. The van der Waals surface area contributed by atoms with Gasteiger partial charge >= 0.3 is 17.9 Å². The van der Waals surface area contributed by atoms with E-state index >= 15 is 0 Å². The summed E-state index contributed by atoms with van der Waals surface area (Å²) in [6.07, 6.45) is 99.6. The molecule has 0 aromatic heterocycles. The van der Waals surface area contributed by atoms with Gasteiger partial charge in [-0.3, -0.25) is 14.4 Å². The number of hydrogen-bond donors (Lipinski definition) is 0. The van der Waals surface area contributed by atoms with Gasteiger partial charge in [0.2, 0.25) is 0 Å². The molecule has 6 heteroatoms. The molecular weight excluding hydrogens is 1010 g/mol. The fourth-order valence-electron chi connectivity index (χ4n) is 8.72. The second kappa shape index (κ2) is 68.5. The monoisotopic (exact) mass is 1130 g/mol. The fourth-order valence-corrected chi connectivity index (χ4v) is 8.72. The van der Waals surface area contributed by atoms with E-state index in [4.69, 9.17) is 14.2 Å². The van der Waals surface area contributed by atoms with Crippen LogP contribution >= 0.6 is 0 Å². The van der Waals surface area contributed by atoms with Crippen LogP contribution in [0.15, 0.2) is 158 Å². The van der Waals surface area contributed by atoms with Crippen molar-refractivity contribution in [2.45, 2.75) is 290 Å². The van der Waals surface area contributed by atoms with E-state index in [-0.39, 0.29) is 31.1 Å². The molecule has 0 radical (unpaired) electrons. The fraction of sp³-hybridized carbons (Fsp3) is 0.618. The first kappa shape index (κ1) is 77.0. The predicted molar refractivity (Wildman–Crippen MR) is 357 cm³/mol. The molecule has 0 saturated heterocycles. The van der Waals surface area contributed by atoms with Crippen LogP contribution in [-0.2, 0) is 28.6 Å². The number of rotatable bonds is 59. The maximum atomic E-state index is 12.9. The Morgan fingerprint density at radius 2 is 0.488 bits per heavy atom. The van der Waals surface area contributed by atoms with Crippen molar-refractivity contribution < 1.29 is 28.6 Å². The van der Waals surface area contributed by atoms with E-state index in [1.165, 1.54) is 89.9 Å². The van der Waals surface area contributed by atoms with Crippen molar-refractivity contribution in [2.75, 3.05) is 13.2 Å². The van der Waals surface area contributed by atoms with Crippen LogP contribution in [0.3, 0.4) is 0 Å². The van der Waals surface area contributed by atoms with Gasteiger partial charge < -0.3 is 14.2 Å². The maximum Gasteiger partial charge on any atom is 0.306 e. The van der Waals surface area contributed by atoms with Crippen LogP contribution in [0.25, 0.3) is 0 Å². The molecule has 0 aromatic carbocycles. The Morgan fingerprint density at radius 3 is 0.793 bits per heavy atom. The number of unbranched alkanes of at least 4 members (excludes halogenated alkanes) is 22. The van der Waals surface area contributed by atoms with Crippen LogP contribution in [0, 0.1) is 0 Å². The summed E-state index contributed by atoms with van der Waals surface area (Å²) >= 11 is 0. The number of esters is 3. The minimum absolute atomic E-state index is 0.103. The highest BCUT2D eigenvalue weighted by Gasteiger charge is 2.19. The Bertz CT molecular complexity index is 1830. The number of ether oxygens (including phenoxy) is 3. The summed E-state index contributed by atoms with van der Waals surface area (Å²) in [6, 6.07) is 0. The zero-order chi connectivity index (χ0) is 59.2. The predicted octanol–water partition coefficient (Wildman–Crippen LogP) is 23.3. The van der Waals surface area contributed by atoms with Gasteiger partial charge in [0.1, 0.15) is 13.2 Å². The van der Waals surface area contributed by atoms with Gasteiger partial charge in [-0.1, -0.05) is 275 Å². The molecule has 0 bridgehead atoms. The number of carbonyl (C=O) groups excluding carboxylic acids is 3. The van der Waals surface area contributed by atoms with Gasteiger partial charge in [0.15, 0.2) is 6.10 Å². The summed E-state index contributed by atoms with van der Waals surface area (Å²) in [5, 5.41) is 0. The Kier molecular flexibility index (Phi) is 64.4. The third-order valence-corrected chi connectivity index (χ3v) is 13.7. The molecule has 1 atom stereocenters. The summed E-state index contributed by atoms with van der Waals surface area (Å²) in [4.78, 5) is 38.4. The first-order chi connectivity index (χ1) is 40.5. The van der Waals surface area contributed by atoms with Crippen LogP contribution in [0.2, 0.25) is 0 Å². The van der Waals surface area contributed by atoms with Crippen LogP contribution in [0.5, 0.6) is 0 Å². The van der Waals surface area contributed by atoms with E-state index in [1.54, 1.807) is 0 Å². The van der Waals surface area contributed by atoms with E-state index in [2.05, 4.69) is 179 Å². The molecule has 0 rings (SSSR count). The standard InChI is InChI=1S/C76H122O6/c1-4-7-10-13-16-19-22-25-28-30-32-33-34-35-36-37-38-39-40-41-42-43-45-46-48-51-54-57-60-63-66-69-75(78)81-72-73(71-80-74(77)68-65-62-59-56-53-50-27-24-21-18-15-12-9-6-3)82-76(79)70-67-64-61-58-55-52-49-47-44-31-29-26-23-20-17-14-11-8-5-2/h7,10,15-20,24-29,32-33,35-36,38-39,41-42,45-46,51,54,73H,4-6,8-9,11-14,21-23,30-31,34,37,40,43-44,47-50,52-53,55-72H2,1-3H3/b10-7-,18-15-,19-16-,20-17-,27-24-,28-25-,29-26-,33-32-,36-35-,39-38-,42-41-,46-45-,54-51-. The Labute approximate surface area is 505 Å². The van der Waals surface area contributed by atoms with Gasteiger partial charge in [-0.25, -0.2) is 0 Å². The molecule has 0 aromatic rings. The molecule has 6 nitrogen and oxygen atoms in total. The van der Waals surface area contributed by atoms with Crippen LogP contribution in [0.1, 0.15) is 284 Å². The highest BCUT2D eigenvalue weighted by atomic mass is 16.6. The van der Waals surface area contributed by atoms with E-state index in [9.17, 15) is 14.4 Å². The molecule has 1 unspecified atom stereocenters. The summed E-state index contributed by atoms with van der Waals surface area (Å²) in [5.41, 5.74) is 0. The van der Waals surface area contributed by atoms with Crippen molar-refractivity contribution in [3.8, 4) is 0 Å². The number of allylic oxidation sites excluding steroid dienone is 26. The van der Waals surface area contributed by atoms with Crippen molar-refractivity contribution >= 4 is 17.9 Å². The quantitative estimate of drug-likeness (QED) is 0.0261. The molecule has 0 N–H and O–H groups in total. The lowest BCUT2D eigenvalue weighted by Crippen LogP contribution is -2.30. The lowest BCUT2D eigenvalue weighted by Gasteiger charge is -2.18. The average Bonchev–Trinajstić information content (AvgIpc) is 3.47. The molecular formula is C76H122O6. The van der Waals surface area contributed by atoms with Crippen molar-refractivity contribution in [1.29, 1.82) is 0 Å². The Hall–Kier alpha value is -4.97. The highest BCUT2D eigenvalue weighted by Crippen LogP contribution is 2.15. The third-order valence-electron chi connectivity index (χ3n) is 13.7. The van der Waals surface area contributed by atoms with Gasteiger partial charge in [-0.15, -0.1) is 0 Å². The summed E-state index contributed by atoms with van der Waals surface area (Å²) < 4.78 is 16.9. The molecule has 0 saturated carbocycles. The van der Waals surface area contributed by atoms with Crippen LogP contribution in [0.4, 0.5) is 0 Å². The molecule has 462 valence electrons. The Balaban J connectivity index is 4.43. The largest absolute Gasteiger partial charge is 0.462 e. The van der Waals surface area contributed by atoms with Crippen LogP contribution < -0.4 is 0 Å². The van der Waals surface area contributed by atoms with Crippen molar-refractivity contribution in [1.82, 2.24) is 0 Å². The lowest BCUT2D eigenvalue weighted by molar-refractivity contribution is -0.167. The topological polar surface area (TPSA) is 78.9 Å². The smallest absolute Gasteiger partial charge is 0.306 e. The van der Waals surface area contributed by atoms with Gasteiger partial charge in [-0.05, 0) is 148 Å². The van der Waals surface area contributed by atoms with E-state index in [0.29, 0.717) is 19.3 Å². The van der Waals surface area contributed by atoms with Gasteiger partial charge in [0, 0.05) is 19.3 Å². The highest BCUT2D eigenvalue weighted by molar-refractivity contribution is 5.71. The Morgan fingerprint density at radius 1 is 0.256 bits per heavy atom. The minimum atomic E-state index is -0.809. The molecule has 0 spiro atoms. The van der Waals surface area contributed by atoms with Crippen molar-refractivity contribution in [3.63, 3.8) is 0 Å². The van der Waals surface area contributed by atoms with E-state index in [1.807, 2.05) is 0 Å². The molecule has 0 heterocycles. The second-order valence-electron chi connectivity index (χ2n) is 21.6. The first-order valence-electron chi connectivity index (χ1n) is 33.5. The number of carbonyl (C=O) groups is 3. The van der Waals surface area contributed by atoms with Gasteiger partial charge in [0.25, 0.3) is 0 Å². The van der Waals surface area contributed by atoms with E-state index in [0.717, 1.165) is 154 Å². The molecule has 0 amide bonds. The minimum Gasteiger partial charge on any atom is -0.462 e. The van der Waals surface area contributed by atoms with Crippen LogP contribution in [-0.4, -0.2) is 37.2 Å². The molecule has 0 aliphatic carbocycles. The number of hydrogen-bond acceptors (Lipinski definition) is 6. The van der Waals surface area contributed by atoms with Gasteiger partial charge in [-0.2, -0.15) is 0 Å². The summed E-state index contributed by atoms with van der Waals surface area (Å²) in [6.45, 7) is 6.42. The van der Waals surface area contributed by atoms with E-state index < -0.39 is 6.10 Å². The second-order valence-corrected chi connectivity index (χ2v) is 21.6. The molecule has 0 aliphatic rings. The maximum absolute atomic E-state index is 12.9. The zero-order valence-corrected chi connectivity index (χ0v) is 52.9. The van der Waals surface area contributed by atoms with Crippen molar-refractivity contribution in [3.05, 3.63) is 158 Å². The average molecular weight is 1130 g/mol. The molecule has 0 aliphatic heterocycles. The summed E-state index contributed by atoms with van der Waals surface area (Å²) in [7, 11) is 0. The summed E-state index contributed by atoms with van der Waals surface area (Å²) in [5.74, 6) is -0.954. The zero-order valence-electron chi connectivity index (χ0n) is 52.9. The molecule has 82 heavy (non-hydrogen) atoms.